The first-order valence-corrected chi connectivity index (χ1v) is 8.79. The molecular weight excluding hydrogens is 342 g/mol. The number of anilines is 1. The highest BCUT2D eigenvalue weighted by molar-refractivity contribution is 7.16. The lowest BCUT2D eigenvalue weighted by atomic mass is 10.1. The van der Waals surface area contributed by atoms with E-state index < -0.39 is 11.6 Å². The number of nitrogens with two attached hydrogens (primary N) is 1. The molecule has 0 amide bonds. The molecule has 25 heavy (non-hydrogen) atoms. The van der Waals surface area contributed by atoms with E-state index in [1.807, 2.05) is 30.8 Å². The number of nitrogens with one attached hydrogen (secondary N) is 1. The van der Waals surface area contributed by atoms with Crippen molar-refractivity contribution < 1.29 is 8.78 Å². The van der Waals surface area contributed by atoms with Gasteiger partial charge in [-0.15, -0.1) is 11.3 Å². The van der Waals surface area contributed by atoms with Gasteiger partial charge < -0.3 is 11.1 Å². The summed E-state index contributed by atoms with van der Waals surface area (Å²) in [5.41, 5.74) is 8.28. The second-order valence-electron chi connectivity index (χ2n) is 5.94. The Hall–Kier alpha value is -2.25. The van der Waals surface area contributed by atoms with Gasteiger partial charge in [-0.2, -0.15) is 5.10 Å². The van der Waals surface area contributed by atoms with Crippen molar-refractivity contribution in [2.24, 2.45) is 12.8 Å². The van der Waals surface area contributed by atoms with Crippen molar-refractivity contribution in [2.75, 3.05) is 11.9 Å². The average molecular weight is 362 g/mol. The molecule has 1 aromatic carbocycles. The van der Waals surface area contributed by atoms with Crippen molar-refractivity contribution in [2.45, 2.75) is 19.4 Å². The maximum Gasteiger partial charge on any atom is 0.126 e. The summed E-state index contributed by atoms with van der Waals surface area (Å²) in [6, 6.07) is 7.30. The Morgan fingerprint density at radius 2 is 2.08 bits per heavy atom. The van der Waals surface area contributed by atoms with Gasteiger partial charge in [-0.3, -0.25) is 4.68 Å². The van der Waals surface area contributed by atoms with E-state index >= 15 is 0 Å². The zero-order valence-corrected chi connectivity index (χ0v) is 14.9. The smallest absolute Gasteiger partial charge is 0.126 e. The molecule has 4 nitrogen and oxygen atoms in total. The Morgan fingerprint density at radius 1 is 1.28 bits per heavy atom. The normalized spacial score (nSPS) is 12.4. The summed E-state index contributed by atoms with van der Waals surface area (Å²) in [5, 5.41) is 8.48. The van der Waals surface area contributed by atoms with Gasteiger partial charge in [0, 0.05) is 36.3 Å². The van der Waals surface area contributed by atoms with Gasteiger partial charge in [-0.1, -0.05) is 0 Å². The first-order valence-electron chi connectivity index (χ1n) is 7.97. The largest absolute Gasteiger partial charge is 0.373 e. The van der Waals surface area contributed by atoms with Crippen LogP contribution in [0.5, 0.6) is 0 Å². The molecule has 0 aliphatic rings. The summed E-state index contributed by atoms with van der Waals surface area (Å²) < 4.78 is 29.0. The molecule has 3 N–H and O–H groups in total. The molecule has 132 valence electrons. The van der Waals surface area contributed by atoms with Gasteiger partial charge in [0.05, 0.1) is 10.7 Å². The number of benzene rings is 1. The SMILES string of the molecule is Cc1sc(N[C@H](CN)Cc2cc(F)ccc2F)cc1-c1ccnn1C. The van der Waals surface area contributed by atoms with E-state index in [0.717, 1.165) is 33.3 Å². The van der Waals surface area contributed by atoms with Gasteiger partial charge >= 0.3 is 0 Å². The third-order valence-electron chi connectivity index (χ3n) is 4.12. The van der Waals surface area contributed by atoms with Gasteiger partial charge in [0.1, 0.15) is 11.6 Å². The van der Waals surface area contributed by atoms with E-state index in [4.69, 9.17) is 5.73 Å². The molecule has 1 atom stereocenters. The molecule has 0 fully saturated rings. The minimum Gasteiger partial charge on any atom is -0.373 e. The maximum absolute atomic E-state index is 13.9. The van der Waals surface area contributed by atoms with Crippen LogP contribution in [-0.2, 0) is 13.5 Å². The first kappa shape index (κ1) is 17.6. The van der Waals surface area contributed by atoms with Crippen molar-refractivity contribution in [3.8, 4) is 11.3 Å². The molecule has 0 aliphatic heterocycles. The molecule has 0 aliphatic carbocycles. The second kappa shape index (κ2) is 7.33. The van der Waals surface area contributed by atoms with Crippen molar-refractivity contribution >= 4 is 16.3 Å². The minimum absolute atomic E-state index is 0.186. The number of thiophene rings is 1. The standard InChI is InChI=1S/C18H20F2N4S/c1-11-15(17-5-6-22-24(17)2)9-18(25-11)23-14(10-21)8-12-7-13(19)3-4-16(12)20/h3-7,9,14,23H,8,10,21H2,1-2H3/t14-/m0/s1. The Labute approximate surface area is 149 Å². The van der Waals surface area contributed by atoms with E-state index in [1.165, 1.54) is 6.07 Å². The van der Waals surface area contributed by atoms with Crippen LogP contribution in [0.3, 0.4) is 0 Å². The van der Waals surface area contributed by atoms with Crippen LogP contribution in [0.2, 0.25) is 0 Å². The van der Waals surface area contributed by atoms with Gasteiger partial charge in [0.25, 0.3) is 0 Å². The predicted molar refractivity (Wildman–Crippen MR) is 97.8 cm³/mol. The number of aromatic nitrogens is 2. The van der Waals surface area contributed by atoms with E-state index in [9.17, 15) is 8.78 Å². The number of hydrogen-bond donors (Lipinski definition) is 2. The average Bonchev–Trinajstić information content (AvgIpc) is 3.15. The second-order valence-corrected chi connectivity index (χ2v) is 7.19. The quantitative estimate of drug-likeness (QED) is 0.703. The van der Waals surface area contributed by atoms with E-state index in [1.54, 1.807) is 17.5 Å². The highest BCUT2D eigenvalue weighted by Crippen LogP contribution is 2.34. The summed E-state index contributed by atoms with van der Waals surface area (Å²) in [5.74, 6) is -0.864. The van der Waals surface area contributed by atoms with Crippen LogP contribution in [0.1, 0.15) is 10.4 Å². The van der Waals surface area contributed by atoms with Crippen LogP contribution in [-0.4, -0.2) is 22.4 Å². The van der Waals surface area contributed by atoms with Gasteiger partial charge in [-0.25, -0.2) is 8.78 Å². The van der Waals surface area contributed by atoms with Crippen LogP contribution < -0.4 is 11.1 Å². The highest BCUT2D eigenvalue weighted by atomic mass is 32.1. The molecular formula is C18H20F2N4S. The molecule has 0 unspecified atom stereocenters. The summed E-state index contributed by atoms with van der Waals surface area (Å²) in [4.78, 5) is 1.15. The number of halogens is 2. The Bertz CT molecular complexity index is 872. The zero-order chi connectivity index (χ0) is 18.0. The highest BCUT2D eigenvalue weighted by Gasteiger charge is 2.15. The van der Waals surface area contributed by atoms with Crippen molar-refractivity contribution in [3.05, 3.63) is 58.6 Å². The molecule has 0 spiro atoms. The predicted octanol–water partition coefficient (Wildman–Crippen LogP) is 3.72. The molecule has 2 heterocycles. The van der Waals surface area contributed by atoms with Crippen LogP contribution in [0.25, 0.3) is 11.3 Å². The maximum atomic E-state index is 13.9. The molecule has 2 aromatic heterocycles. The Balaban J connectivity index is 1.78. The van der Waals surface area contributed by atoms with E-state index in [2.05, 4.69) is 10.4 Å². The molecule has 0 saturated carbocycles. The summed E-state index contributed by atoms with van der Waals surface area (Å²) >= 11 is 1.61. The lowest BCUT2D eigenvalue weighted by Crippen LogP contribution is -2.31. The molecule has 0 bridgehead atoms. The number of aryl methyl sites for hydroxylation is 2. The molecule has 3 aromatic rings. The van der Waals surface area contributed by atoms with Gasteiger partial charge in [0.15, 0.2) is 0 Å². The van der Waals surface area contributed by atoms with Crippen molar-refractivity contribution in [1.82, 2.24) is 9.78 Å². The number of rotatable bonds is 6. The van der Waals surface area contributed by atoms with Crippen LogP contribution >= 0.6 is 11.3 Å². The summed E-state index contributed by atoms with van der Waals surface area (Å²) in [7, 11) is 1.90. The van der Waals surface area contributed by atoms with Gasteiger partial charge in [-0.05, 0) is 49.2 Å². The van der Waals surface area contributed by atoms with Crippen LogP contribution in [0.4, 0.5) is 13.8 Å². The molecule has 0 radical (unpaired) electrons. The minimum atomic E-state index is -0.447. The summed E-state index contributed by atoms with van der Waals surface area (Å²) in [6.07, 6.45) is 2.08. The topological polar surface area (TPSA) is 55.9 Å². The molecule has 3 rings (SSSR count). The van der Waals surface area contributed by atoms with Crippen molar-refractivity contribution in [1.29, 1.82) is 0 Å². The summed E-state index contributed by atoms with van der Waals surface area (Å²) in [6.45, 7) is 2.36. The Morgan fingerprint density at radius 3 is 2.76 bits per heavy atom. The number of hydrogen-bond acceptors (Lipinski definition) is 4. The van der Waals surface area contributed by atoms with Crippen LogP contribution in [0.15, 0.2) is 36.5 Å². The van der Waals surface area contributed by atoms with Crippen LogP contribution in [0, 0.1) is 18.6 Å². The lowest BCUT2D eigenvalue weighted by molar-refractivity contribution is 0.575. The molecule has 0 saturated heterocycles. The lowest BCUT2D eigenvalue weighted by Gasteiger charge is -2.17. The fraction of sp³-hybridized carbons (Fsp3) is 0.278. The van der Waals surface area contributed by atoms with E-state index in [0.29, 0.717) is 18.5 Å². The van der Waals surface area contributed by atoms with Crippen molar-refractivity contribution in [3.63, 3.8) is 0 Å². The third-order valence-corrected chi connectivity index (χ3v) is 5.10. The monoisotopic (exact) mass is 362 g/mol. The fourth-order valence-corrected chi connectivity index (χ4v) is 3.81. The van der Waals surface area contributed by atoms with Gasteiger partial charge in [0.2, 0.25) is 0 Å². The third kappa shape index (κ3) is 3.88. The first-order chi connectivity index (χ1) is 12.0. The fourth-order valence-electron chi connectivity index (χ4n) is 2.81. The molecule has 7 heteroatoms. The zero-order valence-electron chi connectivity index (χ0n) is 14.1. The number of nitrogens with zero attached hydrogens (tertiary/aromatic N) is 2. The Kier molecular flexibility index (Phi) is 5.15. The van der Waals surface area contributed by atoms with E-state index in [-0.39, 0.29) is 6.04 Å².